The zero-order valence-electron chi connectivity index (χ0n) is 18.8. The maximum Gasteiger partial charge on any atom is 0.274 e. The number of hydrogen-bond donors (Lipinski definition) is 1. The molecule has 0 aliphatic carbocycles. The van der Waals surface area contributed by atoms with Gasteiger partial charge in [0.25, 0.3) is 5.91 Å². The van der Waals surface area contributed by atoms with E-state index < -0.39 is 0 Å². The Morgan fingerprint density at radius 1 is 1.06 bits per heavy atom. The second-order valence-electron chi connectivity index (χ2n) is 8.81. The summed E-state index contributed by atoms with van der Waals surface area (Å²) in [5, 5.41) is 3.01. The largest absolute Gasteiger partial charge is 0.365 e. The van der Waals surface area contributed by atoms with Crippen LogP contribution in [0.2, 0.25) is 0 Å². The summed E-state index contributed by atoms with van der Waals surface area (Å²) in [5.41, 5.74) is 3.12. The zero-order valence-corrected chi connectivity index (χ0v) is 18.8. The number of nitrogens with zero attached hydrogens (tertiary/aromatic N) is 3. The average Bonchev–Trinajstić information content (AvgIpc) is 3.31. The lowest BCUT2D eigenvalue weighted by molar-refractivity contribution is -0.126. The van der Waals surface area contributed by atoms with Crippen molar-refractivity contribution in [3.63, 3.8) is 0 Å². The molecule has 2 aromatic carbocycles. The summed E-state index contributed by atoms with van der Waals surface area (Å²) >= 11 is 0. The Hall–Kier alpha value is -3.52. The molecule has 0 bridgehead atoms. The highest BCUT2D eigenvalue weighted by Gasteiger charge is 2.32. The maximum atomic E-state index is 13.2. The van der Waals surface area contributed by atoms with E-state index in [0.717, 1.165) is 16.8 Å². The number of aromatic nitrogens is 2. The molecule has 1 fully saturated rings. The number of carbonyl (C=O) groups is 2. The van der Waals surface area contributed by atoms with Crippen molar-refractivity contribution in [2.24, 2.45) is 5.92 Å². The van der Waals surface area contributed by atoms with Crippen LogP contribution >= 0.6 is 0 Å². The predicted molar refractivity (Wildman–Crippen MR) is 123 cm³/mol. The van der Waals surface area contributed by atoms with E-state index in [1.807, 2.05) is 34.9 Å². The van der Waals surface area contributed by atoms with Gasteiger partial charge in [-0.25, -0.2) is 9.37 Å². The molecule has 8 heteroatoms. The smallest absolute Gasteiger partial charge is 0.274 e. The molecular weight excluding hydrogens is 435 g/mol. The number of rotatable bonds is 5. The lowest BCUT2D eigenvalue weighted by atomic mass is 9.95. The van der Waals surface area contributed by atoms with E-state index in [4.69, 9.17) is 4.74 Å². The number of nitrogens with one attached hydrogen (secondary N) is 1. The van der Waals surface area contributed by atoms with E-state index in [0.29, 0.717) is 44.7 Å². The summed E-state index contributed by atoms with van der Waals surface area (Å²) in [5.74, 6) is -0.465. The van der Waals surface area contributed by atoms with Gasteiger partial charge in [-0.15, -0.1) is 0 Å². The number of carbonyl (C=O) groups excluding carboxylic acids is 2. The molecule has 5 rings (SSSR count). The number of imidazole rings is 1. The predicted octanol–water partition coefficient (Wildman–Crippen LogP) is 3.46. The molecule has 176 valence electrons. The van der Waals surface area contributed by atoms with E-state index in [1.165, 1.54) is 12.1 Å². The van der Waals surface area contributed by atoms with Gasteiger partial charge in [-0.2, -0.15) is 0 Å². The Labute approximate surface area is 197 Å². The van der Waals surface area contributed by atoms with Crippen LogP contribution in [0.3, 0.4) is 0 Å². The van der Waals surface area contributed by atoms with Crippen molar-refractivity contribution in [1.29, 1.82) is 0 Å². The Morgan fingerprint density at radius 3 is 2.53 bits per heavy atom. The molecule has 0 spiro atoms. The van der Waals surface area contributed by atoms with Crippen LogP contribution in [-0.4, -0.2) is 39.4 Å². The van der Waals surface area contributed by atoms with Crippen LogP contribution in [0.15, 0.2) is 60.9 Å². The number of piperidine rings is 1. The van der Waals surface area contributed by atoms with Gasteiger partial charge in [-0.3, -0.25) is 9.59 Å². The zero-order chi connectivity index (χ0) is 23.5. The number of likely N-dealkylation sites (tertiary alicyclic amines) is 1. The molecule has 1 unspecified atom stereocenters. The second kappa shape index (κ2) is 9.77. The molecule has 7 nitrogen and oxygen atoms in total. The fourth-order valence-corrected chi connectivity index (χ4v) is 4.61. The van der Waals surface area contributed by atoms with E-state index >= 15 is 0 Å². The van der Waals surface area contributed by atoms with E-state index in [1.54, 1.807) is 23.4 Å². The van der Waals surface area contributed by atoms with Crippen LogP contribution in [0.4, 0.5) is 4.39 Å². The highest BCUT2D eigenvalue weighted by Crippen LogP contribution is 2.29. The normalized spacial score (nSPS) is 18.4. The molecule has 3 heterocycles. The minimum atomic E-state index is -0.284. The van der Waals surface area contributed by atoms with Gasteiger partial charge in [-0.1, -0.05) is 42.5 Å². The van der Waals surface area contributed by atoms with E-state index in [2.05, 4.69) is 10.3 Å². The van der Waals surface area contributed by atoms with Gasteiger partial charge in [0.1, 0.15) is 11.9 Å². The first-order valence-corrected chi connectivity index (χ1v) is 11.6. The molecular formula is C26H27FN4O3. The fraction of sp³-hybridized carbons (Fsp3) is 0.346. The van der Waals surface area contributed by atoms with Crippen LogP contribution in [0, 0.1) is 11.7 Å². The molecule has 34 heavy (non-hydrogen) atoms. The quantitative estimate of drug-likeness (QED) is 0.630. The van der Waals surface area contributed by atoms with Crippen LogP contribution < -0.4 is 5.32 Å². The Balaban J connectivity index is 1.16. The number of fused-ring (bicyclic) bond motifs is 1. The van der Waals surface area contributed by atoms with Crippen LogP contribution in [0.25, 0.3) is 0 Å². The minimum Gasteiger partial charge on any atom is -0.365 e. The summed E-state index contributed by atoms with van der Waals surface area (Å²) < 4.78 is 21.1. The summed E-state index contributed by atoms with van der Waals surface area (Å²) in [6.45, 7) is 2.34. The van der Waals surface area contributed by atoms with Crippen molar-refractivity contribution in [3.8, 4) is 0 Å². The third-order valence-corrected chi connectivity index (χ3v) is 6.64. The number of benzene rings is 2. The van der Waals surface area contributed by atoms with Crippen molar-refractivity contribution in [2.45, 2.75) is 38.6 Å². The highest BCUT2D eigenvalue weighted by molar-refractivity contribution is 5.93. The fourth-order valence-electron chi connectivity index (χ4n) is 4.61. The first-order valence-electron chi connectivity index (χ1n) is 11.6. The molecule has 2 aliphatic rings. The Bertz CT molecular complexity index is 1150. The monoisotopic (exact) mass is 462 g/mol. The maximum absolute atomic E-state index is 13.2. The van der Waals surface area contributed by atoms with Crippen molar-refractivity contribution >= 4 is 11.8 Å². The molecule has 1 atom stereocenters. The summed E-state index contributed by atoms with van der Waals surface area (Å²) in [6, 6.07) is 16.1. The SMILES string of the molecule is O=C(NCc1ccccc1)C1CCN(C(=O)c2ncn3c2COC(c2ccc(F)cc2)C3)CC1. The van der Waals surface area contributed by atoms with Gasteiger partial charge in [0.05, 0.1) is 25.2 Å². The summed E-state index contributed by atoms with van der Waals surface area (Å²) in [7, 11) is 0. The van der Waals surface area contributed by atoms with E-state index in [-0.39, 0.29) is 36.3 Å². The molecule has 2 amide bonds. The first kappa shape index (κ1) is 22.3. The van der Waals surface area contributed by atoms with Crippen LogP contribution in [0.5, 0.6) is 0 Å². The lowest BCUT2D eigenvalue weighted by Gasteiger charge is -2.31. The highest BCUT2D eigenvalue weighted by atomic mass is 19.1. The Morgan fingerprint density at radius 2 is 1.79 bits per heavy atom. The lowest BCUT2D eigenvalue weighted by Crippen LogP contribution is -2.43. The second-order valence-corrected chi connectivity index (χ2v) is 8.81. The molecule has 3 aromatic rings. The average molecular weight is 463 g/mol. The molecule has 0 radical (unpaired) electrons. The van der Waals surface area contributed by atoms with Crippen LogP contribution in [-0.2, 0) is 29.2 Å². The van der Waals surface area contributed by atoms with Crippen LogP contribution in [0.1, 0.15) is 46.3 Å². The summed E-state index contributed by atoms with van der Waals surface area (Å²) in [6.07, 6.45) is 2.72. The van der Waals surface area contributed by atoms with Gasteiger partial charge >= 0.3 is 0 Å². The standard InChI is InChI=1S/C26H27FN4O3/c27-21-8-6-19(7-9-21)23-15-31-17-29-24(22(31)16-34-23)26(33)30-12-10-20(11-13-30)25(32)28-14-18-4-2-1-3-5-18/h1-9,17,20,23H,10-16H2,(H,28,32). The van der Waals surface area contributed by atoms with Crippen molar-refractivity contribution in [1.82, 2.24) is 19.8 Å². The van der Waals surface area contributed by atoms with Gasteiger partial charge in [0.2, 0.25) is 5.91 Å². The number of halogens is 1. The molecule has 0 saturated carbocycles. The van der Waals surface area contributed by atoms with Gasteiger partial charge in [0.15, 0.2) is 5.69 Å². The number of ether oxygens (including phenoxy) is 1. The third-order valence-electron chi connectivity index (χ3n) is 6.64. The topological polar surface area (TPSA) is 76.5 Å². The number of hydrogen-bond acceptors (Lipinski definition) is 4. The molecule has 1 saturated heterocycles. The van der Waals surface area contributed by atoms with Crippen molar-refractivity contribution in [2.75, 3.05) is 13.1 Å². The molecule has 2 aliphatic heterocycles. The molecule has 1 N–H and O–H groups in total. The van der Waals surface area contributed by atoms with Gasteiger partial charge in [-0.05, 0) is 36.1 Å². The van der Waals surface area contributed by atoms with Gasteiger partial charge < -0.3 is 19.5 Å². The van der Waals surface area contributed by atoms with Gasteiger partial charge in [0, 0.05) is 25.6 Å². The first-order chi connectivity index (χ1) is 16.6. The Kier molecular flexibility index (Phi) is 6.40. The van der Waals surface area contributed by atoms with Crippen molar-refractivity contribution < 1.29 is 18.7 Å². The minimum absolute atomic E-state index is 0.0376. The summed E-state index contributed by atoms with van der Waals surface area (Å²) in [4.78, 5) is 31.9. The molecule has 1 aromatic heterocycles. The number of amides is 2. The van der Waals surface area contributed by atoms with E-state index in [9.17, 15) is 14.0 Å². The van der Waals surface area contributed by atoms with Crippen molar-refractivity contribution in [3.05, 3.63) is 89.3 Å². The third kappa shape index (κ3) is 4.72.